The number of nitrogens with two attached hydrogens (primary N) is 1. The number of hydrogen-bond acceptors (Lipinski definition) is 7. The van der Waals surface area contributed by atoms with Crippen LogP contribution >= 0.6 is 11.8 Å². The molecule has 138 valence electrons. The zero-order valence-electron chi connectivity index (χ0n) is 14.2. The number of thioether (sulfide) groups is 1. The Bertz CT molecular complexity index is 959. The molecule has 2 aromatic heterocycles. The normalized spacial score (nSPS) is 19.2. The second kappa shape index (κ2) is 7.80. The number of halogens is 2. The van der Waals surface area contributed by atoms with E-state index in [9.17, 15) is 13.6 Å². The van der Waals surface area contributed by atoms with Crippen molar-refractivity contribution in [1.29, 1.82) is 5.26 Å². The van der Waals surface area contributed by atoms with Gasteiger partial charge in [0.2, 0.25) is 0 Å². The number of hydrogen-bond donors (Lipinski definition) is 1. The number of alkyl halides is 1. The van der Waals surface area contributed by atoms with Crippen LogP contribution in [0.25, 0.3) is 0 Å². The van der Waals surface area contributed by atoms with E-state index in [1.165, 1.54) is 18.0 Å². The molecule has 2 N–H and O–H groups in total. The highest BCUT2D eigenvalue weighted by molar-refractivity contribution is 8.13. The Morgan fingerprint density at radius 2 is 2.22 bits per heavy atom. The van der Waals surface area contributed by atoms with E-state index in [0.717, 1.165) is 12.3 Å². The lowest BCUT2D eigenvalue weighted by molar-refractivity contribution is 0.0984. The fourth-order valence-corrected chi connectivity index (χ4v) is 3.67. The van der Waals surface area contributed by atoms with Gasteiger partial charge in [-0.2, -0.15) is 5.26 Å². The number of nitriles is 1. The SMILES string of the molecule is N#Cc1cnc(C(=O)Cc2ccnc([C@]3(CF)CCSC(N)=N3)c2)c(F)c1. The first-order chi connectivity index (χ1) is 13.0. The summed E-state index contributed by atoms with van der Waals surface area (Å²) in [6.45, 7) is -0.759. The second-order valence-electron chi connectivity index (χ2n) is 6.03. The average Bonchev–Trinajstić information content (AvgIpc) is 2.67. The first-order valence-corrected chi connectivity index (χ1v) is 9.04. The van der Waals surface area contributed by atoms with E-state index in [1.54, 1.807) is 18.2 Å². The molecule has 3 rings (SSSR count). The van der Waals surface area contributed by atoms with Crippen LogP contribution in [0.4, 0.5) is 8.78 Å². The third-order valence-corrected chi connectivity index (χ3v) is 5.01. The maximum atomic E-state index is 14.0. The van der Waals surface area contributed by atoms with Crippen molar-refractivity contribution in [3.63, 3.8) is 0 Å². The number of carbonyl (C=O) groups excluding carboxylic acids is 1. The summed E-state index contributed by atoms with van der Waals surface area (Å²) < 4.78 is 27.8. The average molecular weight is 387 g/mol. The van der Waals surface area contributed by atoms with Gasteiger partial charge in [-0.3, -0.25) is 9.78 Å². The number of Topliss-reactive ketones (excluding diaryl/α,β-unsaturated/α-hetero) is 1. The summed E-state index contributed by atoms with van der Waals surface area (Å²) in [5.74, 6) is -0.786. The number of pyridine rings is 2. The van der Waals surface area contributed by atoms with Crippen LogP contribution in [-0.4, -0.2) is 33.3 Å². The zero-order valence-corrected chi connectivity index (χ0v) is 15.0. The van der Waals surface area contributed by atoms with E-state index < -0.39 is 23.8 Å². The Morgan fingerprint density at radius 3 is 2.89 bits per heavy atom. The third kappa shape index (κ3) is 3.95. The first kappa shape index (κ1) is 18.9. The first-order valence-electron chi connectivity index (χ1n) is 8.06. The van der Waals surface area contributed by atoms with E-state index in [1.807, 2.05) is 0 Å². The van der Waals surface area contributed by atoms with Gasteiger partial charge in [0.25, 0.3) is 0 Å². The van der Waals surface area contributed by atoms with E-state index >= 15 is 0 Å². The highest BCUT2D eigenvalue weighted by Gasteiger charge is 2.36. The van der Waals surface area contributed by atoms with Crippen LogP contribution in [0.2, 0.25) is 0 Å². The molecule has 0 saturated carbocycles. The molecule has 3 heterocycles. The molecule has 9 heteroatoms. The molecule has 0 unspecified atom stereocenters. The fraction of sp³-hybridized carbons (Fsp3) is 0.278. The lowest BCUT2D eigenvalue weighted by Gasteiger charge is -2.30. The van der Waals surface area contributed by atoms with Gasteiger partial charge in [0.1, 0.15) is 24.0 Å². The van der Waals surface area contributed by atoms with Crippen molar-refractivity contribution in [2.45, 2.75) is 18.4 Å². The van der Waals surface area contributed by atoms with Gasteiger partial charge in [-0.05, 0) is 30.2 Å². The molecular weight excluding hydrogens is 372 g/mol. The highest BCUT2D eigenvalue weighted by atomic mass is 32.2. The molecule has 1 aliphatic rings. The van der Waals surface area contributed by atoms with Gasteiger partial charge in [-0.25, -0.2) is 18.8 Å². The minimum atomic E-state index is -1.16. The molecule has 0 fully saturated rings. The molecule has 0 aromatic carbocycles. The van der Waals surface area contributed by atoms with E-state index in [4.69, 9.17) is 11.0 Å². The van der Waals surface area contributed by atoms with Crippen LogP contribution in [0.5, 0.6) is 0 Å². The van der Waals surface area contributed by atoms with Gasteiger partial charge < -0.3 is 5.73 Å². The number of nitrogens with zero attached hydrogens (tertiary/aromatic N) is 4. The fourth-order valence-electron chi connectivity index (χ4n) is 2.79. The van der Waals surface area contributed by atoms with Crippen molar-refractivity contribution in [2.24, 2.45) is 10.7 Å². The summed E-state index contributed by atoms with van der Waals surface area (Å²) in [4.78, 5) is 24.6. The Labute approximate surface area is 158 Å². The molecule has 1 aliphatic heterocycles. The van der Waals surface area contributed by atoms with Gasteiger partial charge in [-0.15, -0.1) is 0 Å². The van der Waals surface area contributed by atoms with Crippen molar-refractivity contribution in [1.82, 2.24) is 9.97 Å². The summed E-state index contributed by atoms with van der Waals surface area (Å²) in [6, 6.07) is 5.91. The number of aliphatic imine (C=N–C) groups is 1. The molecule has 0 amide bonds. The van der Waals surface area contributed by atoms with Crippen LogP contribution in [0, 0.1) is 17.1 Å². The van der Waals surface area contributed by atoms with E-state index in [-0.39, 0.29) is 17.7 Å². The Hall–Kier alpha value is -2.86. The van der Waals surface area contributed by atoms with Crippen molar-refractivity contribution < 1.29 is 13.6 Å². The number of carbonyl (C=O) groups is 1. The summed E-state index contributed by atoms with van der Waals surface area (Å²) in [7, 11) is 0. The maximum absolute atomic E-state index is 14.0. The zero-order chi connectivity index (χ0) is 19.4. The molecule has 6 nitrogen and oxygen atoms in total. The van der Waals surface area contributed by atoms with Crippen LogP contribution in [0.15, 0.2) is 35.6 Å². The van der Waals surface area contributed by atoms with Crippen molar-refractivity contribution in [3.05, 3.63) is 58.9 Å². The molecule has 0 bridgehead atoms. The minimum Gasteiger partial charge on any atom is -0.379 e. The quantitative estimate of drug-likeness (QED) is 0.791. The van der Waals surface area contributed by atoms with Gasteiger partial charge in [0.05, 0.1) is 11.3 Å². The lowest BCUT2D eigenvalue weighted by Crippen LogP contribution is -2.34. The smallest absolute Gasteiger partial charge is 0.188 e. The third-order valence-electron chi connectivity index (χ3n) is 4.21. The van der Waals surface area contributed by atoms with Gasteiger partial charge >= 0.3 is 0 Å². The van der Waals surface area contributed by atoms with E-state index in [2.05, 4.69) is 15.0 Å². The topological polar surface area (TPSA) is 105 Å². The molecule has 1 atom stereocenters. The highest BCUT2D eigenvalue weighted by Crippen LogP contribution is 2.35. The van der Waals surface area contributed by atoms with Crippen molar-refractivity contribution in [3.8, 4) is 6.07 Å². The Kier molecular flexibility index (Phi) is 5.46. The molecule has 2 aromatic rings. The Balaban J connectivity index is 1.87. The van der Waals surface area contributed by atoms with Crippen LogP contribution in [-0.2, 0) is 12.0 Å². The molecule has 0 spiro atoms. The summed E-state index contributed by atoms with van der Waals surface area (Å²) in [6.07, 6.45) is 2.90. The molecule has 27 heavy (non-hydrogen) atoms. The molecule has 0 radical (unpaired) electrons. The largest absolute Gasteiger partial charge is 0.379 e. The number of rotatable bonds is 5. The van der Waals surface area contributed by atoms with Gasteiger partial charge in [0.15, 0.2) is 16.8 Å². The predicted molar refractivity (Wildman–Crippen MR) is 97.5 cm³/mol. The summed E-state index contributed by atoms with van der Waals surface area (Å²) in [5, 5.41) is 9.04. The summed E-state index contributed by atoms with van der Waals surface area (Å²) in [5.41, 5.74) is 5.20. The van der Waals surface area contributed by atoms with Crippen molar-refractivity contribution in [2.75, 3.05) is 12.4 Å². The number of aromatic nitrogens is 2. The second-order valence-corrected chi connectivity index (χ2v) is 7.14. The summed E-state index contributed by atoms with van der Waals surface area (Å²) >= 11 is 1.35. The number of ketones is 1. The van der Waals surface area contributed by atoms with Crippen LogP contribution in [0.1, 0.15) is 33.7 Å². The predicted octanol–water partition coefficient (Wildman–Crippen LogP) is 2.53. The van der Waals surface area contributed by atoms with Gasteiger partial charge in [-0.1, -0.05) is 11.8 Å². The lowest BCUT2D eigenvalue weighted by atomic mass is 9.92. The van der Waals surface area contributed by atoms with Gasteiger partial charge in [0, 0.05) is 24.6 Å². The van der Waals surface area contributed by atoms with Crippen LogP contribution < -0.4 is 5.73 Å². The monoisotopic (exact) mass is 387 g/mol. The van der Waals surface area contributed by atoms with Crippen LogP contribution in [0.3, 0.4) is 0 Å². The standard InChI is InChI=1S/C18H15F2N5OS/c19-10-18(2-4-27-17(22)25-18)15-7-11(1-3-23-15)6-14(26)16-13(20)5-12(8-21)9-24-16/h1,3,5,7,9H,2,4,6,10H2,(H2,22,25)/t18-/m1/s1. The molecular formula is C18H15F2N5OS. The number of amidine groups is 1. The van der Waals surface area contributed by atoms with E-state index in [0.29, 0.717) is 28.6 Å². The molecule has 0 saturated heterocycles. The molecule has 0 aliphatic carbocycles. The minimum absolute atomic E-state index is 0.0331. The maximum Gasteiger partial charge on any atom is 0.188 e. The van der Waals surface area contributed by atoms with Crippen molar-refractivity contribution >= 4 is 22.7 Å². The Morgan fingerprint density at radius 1 is 1.41 bits per heavy atom.